The lowest BCUT2D eigenvalue weighted by atomic mass is 10.1. The van der Waals surface area contributed by atoms with Gasteiger partial charge in [-0.25, -0.2) is 4.57 Å². The van der Waals surface area contributed by atoms with Gasteiger partial charge in [0.05, 0.1) is 13.7 Å². The Kier molecular flexibility index (Phi) is 5.61. The standard InChI is InChI=1S/C25H25N2O2/c1-26-15-13-20(14-16-26)11-12-21-19-27(23-8-4-3-7-22(21)23)17-18-29-25-10-6-5-9-24(25)28-2/h3-16,19H,17-18H2,1-2H3/q+1. The molecule has 0 amide bonds. The number of hydrogen-bond donors (Lipinski definition) is 0. The molecular formula is C25H25N2O2+. The van der Waals surface area contributed by atoms with E-state index in [2.05, 4.69) is 71.7 Å². The summed E-state index contributed by atoms with van der Waals surface area (Å²) in [6.45, 7) is 1.32. The molecule has 2 aromatic heterocycles. The molecule has 2 heterocycles. The van der Waals surface area contributed by atoms with Gasteiger partial charge in [0, 0.05) is 29.2 Å². The van der Waals surface area contributed by atoms with Crippen LogP contribution in [0.25, 0.3) is 23.1 Å². The van der Waals surface area contributed by atoms with E-state index in [1.165, 1.54) is 22.0 Å². The summed E-state index contributed by atoms with van der Waals surface area (Å²) in [7, 11) is 3.68. The molecule has 0 saturated heterocycles. The van der Waals surface area contributed by atoms with E-state index in [0.29, 0.717) is 6.61 Å². The van der Waals surface area contributed by atoms with Gasteiger partial charge < -0.3 is 14.0 Å². The van der Waals surface area contributed by atoms with Crippen molar-refractivity contribution in [2.75, 3.05) is 13.7 Å². The highest BCUT2D eigenvalue weighted by Gasteiger charge is 2.07. The third-order valence-corrected chi connectivity index (χ3v) is 4.94. The molecule has 146 valence electrons. The third-order valence-electron chi connectivity index (χ3n) is 4.94. The maximum Gasteiger partial charge on any atom is 0.169 e. The topological polar surface area (TPSA) is 27.3 Å². The quantitative estimate of drug-likeness (QED) is 0.430. The number of pyridine rings is 1. The normalized spacial score (nSPS) is 11.2. The van der Waals surface area contributed by atoms with E-state index in [1.54, 1.807) is 7.11 Å². The lowest BCUT2D eigenvalue weighted by Crippen LogP contribution is -2.25. The molecule has 4 aromatic rings. The SMILES string of the molecule is COc1ccccc1OCCn1cc(/C=C/c2cc[n+](C)cc2)c2ccccc21. The van der Waals surface area contributed by atoms with Crippen LogP contribution in [-0.4, -0.2) is 18.3 Å². The Hall–Kier alpha value is -3.53. The fourth-order valence-corrected chi connectivity index (χ4v) is 3.39. The number of fused-ring (bicyclic) bond motifs is 1. The molecular weight excluding hydrogens is 360 g/mol. The maximum atomic E-state index is 5.96. The Bertz CT molecular complexity index is 1130. The summed E-state index contributed by atoms with van der Waals surface area (Å²) < 4.78 is 15.6. The fraction of sp³-hybridized carbons (Fsp3) is 0.160. The van der Waals surface area contributed by atoms with Crippen molar-refractivity contribution in [2.24, 2.45) is 7.05 Å². The first-order valence-corrected chi connectivity index (χ1v) is 9.71. The zero-order chi connectivity index (χ0) is 20.1. The first-order chi connectivity index (χ1) is 14.2. The first-order valence-electron chi connectivity index (χ1n) is 9.71. The molecule has 0 radical (unpaired) electrons. The Morgan fingerprint density at radius 3 is 2.41 bits per heavy atom. The highest BCUT2D eigenvalue weighted by molar-refractivity contribution is 5.92. The molecule has 0 bridgehead atoms. The predicted molar refractivity (Wildman–Crippen MR) is 117 cm³/mol. The van der Waals surface area contributed by atoms with Crippen LogP contribution in [0.1, 0.15) is 11.1 Å². The molecule has 4 rings (SSSR count). The average Bonchev–Trinajstić information content (AvgIpc) is 3.11. The fourth-order valence-electron chi connectivity index (χ4n) is 3.39. The van der Waals surface area contributed by atoms with Crippen molar-refractivity contribution >= 4 is 23.1 Å². The molecule has 0 aliphatic carbocycles. The Morgan fingerprint density at radius 1 is 0.897 bits per heavy atom. The predicted octanol–water partition coefficient (Wildman–Crippen LogP) is 4.72. The molecule has 0 unspecified atom stereocenters. The van der Waals surface area contributed by atoms with Crippen LogP contribution < -0.4 is 14.0 Å². The van der Waals surface area contributed by atoms with Crippen LogP contribution >= 0.6 is 0 Å². The second-order valence-corrected chi connectivity index (χ2v) is 6.92. The number of aromatic nitrogens is 2. The molecule has 0 aliphatic heterocycles. The van der Waals surface area contributed by atoms with Gasteiger partial charge in [-0.3, -0.25) is 0 Å². The van der Waals surface area contributed by atoms with Gasteiger partial charge in [0.2, 0.25) is 0 Å². The second kappa shape index (κ2) is 8.65. The summed E-state index contributed by atoms with van der Waals surface area (Å²) in [5.41, 5.74) is 3.58. The second-order valence-electron chi connectivity index (χ2n) is 6.92. The van der Waals surface area contributed by atoms with Gasteiger partial charge in [0.15, 0.2) is 23.9 Å². The number of aryl methyl sites for hydroxylation is 1. The summed E-state index contributed by atoms with van der Waals surface area (Å²) in [5, 5.41) is 1.24. The van der Waals surface area contributed by atoms with E-state index >= 15 is 0 Å². The van der Waals surface area contributed by atoms with Crippen molar-refractivity contribution in [1.82, 2.24) is 4.57 Å². The van der Waals surface area contributed by atoms with Crippen LogP contribution in [0.4, 0.5) is 0 Å². The monoisotopic (exact) mass is 385 g/mol. The van der Waals surface area contributed by atoms with E-state index in [-0.39, 0.29) is 0 Å². The van der Waals surface area contributed by atoms with Gasteiger partial charge in [-0.1, -0.05) is 42.5 Å². The minimum atomic E-state index is 0.567. The van der Waals surface area contributed by atoms with E-state index in [4.69, 9.17) is 9.47 Å². The molecule has 0 atom stereocenters. The summed E-state index contributed by atoms with van der Waals surface area (Å²) in [4.78, 5) is 0. The van der Waals surface area contributed by atoms with Gasteiger partial charge in [-0.05, 0) is 29.3 Å². The van der Waals surface area contributed by atoms with Gasteiger partial charge >= 0.3 is 0 Å². The number of ether oxygens (including phenoxy) is 2. The molecule has 0 saturated carbocycles. The van der Waals surface area contributed by atoms with Gasteiger partial charge in [0.1, 0.15) is 13.7 Å². The number of benzene rings is 2. The van der Waals surface area contributed by atoms with Crippen molar-refractivity contribution in [1.29, 1.82) is 0 Å². The third kappa shape index (κ3) is 4.32. The van der Waals surface area contributed by atoms with Crippen LogP contribution in [0.3, 0.4) is 0 Å². The molecule has 2 aromatic carbocycles. The van der Waals surface area contributed by atoms with Crippen LogP contribution in [0.15, 0.2) is 79.3 Å². The Morgan fingerprint density at radius 2 is 1.62 bits per heavy atom. The number of para-hydroxylation sites is 3. The van der Waals surface area contributed by atoms with Crippen LogP contribution in [-0.2, 0) is 13.6 Å². The molecule has 0 aliphatic rings. The van der Waals surface area contributed by atoms with E-state index in [0.717, 1.165) is 18.0 Å². The Balaban J connectivity index is 1.53. The van der Waals surface area contributed by atoms with Crippen molar-refractivity contribution < 1.29 is 14.0 Å². The first kappa shape index (κ1) is 18.8. The Labute approximate surface area is 171 Å². The highest BCUT2D eigenvalue weighted by atomic mass is 16.5. The molecule has 0 N–H and O–H groups in total. The zero-order valence-electron chi connectivity index (χ0n) is 16.8. The minimum Gasteiger partial charge on any atom is -0.493 e. The van der Waals surface area contributed by atoms with Gasteiger partial charge in [-0.2, -0.15) is 0 Å². The van der Waals surface area contributed by atoms with Crippen LogP contribution in [0.2, 0.25) is 0 Å². The van der Waals surface area contributed by atoms with Crippen LogP contribution in [0, 0.1) is 0 Å². The van der Waals surface area contributed by atoms with Crippen molar-refractivity contribution in [3.05, 3.63) is 90.4 Å². The largest absolute Gasteiger partial charge is 0.493 e. The van der Waals surface area contributed by atoms with Crippen LogP contribution in [0.5, 0.6) is 11.5 Å². The van der Waals surface area contributed by atoms with E-state index < -0.39 is 0 Å². The lowest BCUT2D eigenvalue weighted by molar-refractivity contribution is -0.671. The summed E-state index contributed by atoms with van der Waals surface area (Å²) in [6, 6.07) is 20.4. The van der Waals surface area contributed by atoms with Crippen molar-refractivity contribution in [3.8, 4) is 11.5 Å². The van der Waals surface area contributed by atoms with Crippen molar-refractivity contribution in [2.45, 2.75) is 6.54 Å². The number of methoxy groups -OCH3 is 1. The van der Waals surface area contributed by atoms with E-state index in [1.807, 2.05) is 35.9 Å². The molecule has 4 nitrogen and oxygen atoms in total. The maximum absolute atomic E-state index is 5.96. The van der Waals surface area contributed by atoms with Gasteiger partial charge in [0.25, 0.3) is 0 Å². The number of nitrogens with zero attached hydrogens (tertiary/aromatic N) is 2. The average molecular weight is 385 g/mol. The molecule has 29 heavy (non-hydrogen) atoms. The van der Waals surface area contributed by atoms with Crippen molar-refractivity contribution in [3.63, 3.8) is 0 Å². The van der Waals surface area contributed by atoms with Gasteiger partial charge in [-0.15, -0.1) is 0 Å². The smallest absolute Gasteiger partial charge is 0.169 e. The molecule has 0 fully saturated rings. The minimum absolute atomic E-state index is 0.567. The zero-order valence-corrected chi connectivity index (χ0v) is 16.8. The number of hydrogen-bond acceptors (Lipinski definition) is 2. The summed E-state index contributed by atoms with van der Waals surface area (Å²) in [5.74, 6) is 1.52. The summed E-state index contributed by atoms with van der Waals surface area (Å²) in [6.07, 6.45) is 10.6. The molecule has 0 spiro atoms. The molecule has 4 heteroatoms. The highest BCUT2D eigenvalue weighted by Crippen LogP contribution is 2.26. The lowest BCUT2D eigenvalue weighted by Gasteiger charge is -2.11. The number of rotatable bonds is 7. The van der Waals surface area contributed by atoms with E-state index in [9.17, 15) is 0 Å². The summed E-state index contributed by atoms with van der Waals surface area (Å²) >= 11 is 0.